The quantitative estimate of drug-likeness (QED) is 0.388. The second kappa shape index (κ2) is 8.72. The van der Waals surface area contributed by atoms with Crippen LogP contribution in [0, 0.1) is 0 Å². The molecule has 2 fully saturated rings. The summed E-state index contributed by atoms with van der Waals surface area (Å²) < 4.78 is 32.1. The van der Waals surface area contributed by atoms with Gasteiger partial charge in [-0.15, -0.1) is 15.3 Å². The predicted octanol–water partition coefficient (Wildman–Crippen LogP) is 4.93. The van der Waals surface area contributed by atoms with Crippen molar-refractivity contribution in [1.82, 2.24) is 30.1 Å². The monoisotopic (exact) mass is 462 g/mol. The van der Waals surface area contributed by atoms with E-state index in [1.165, 1.54) is 24.8 Å². The van der Waals surface area contributed by atoms with Crippen molar-refractivity contribution in [3.8, 4) is 22.7 Å². The number of hydrogen-bond acceptors (Lipinski definition) is 6. The lowest BCUT2D eigenvalue weighted by atomic mass is 9.83. The molecule has 174 valence electrons. The van der Waals surface area contributed by atoms with Crippen LogP contribution in [0.5, 0.6) is 0 Å². The molecule has 1 saturated carbocycles. The van der Waals surface area contributed by atoms with Gasteiger partial charge in [-0.05, 0) is 42.2 Å². The van der Waals surface area contributed by atoms with E-state index in [0.29, 0.717) is 18.0 Å². The summed E-state index contributed by atoms with van der Waals surface area (Å²) in [6, 6.07) is 16.8. The Hall–Kier alpha value is -3.46. The van der Waals surface area contributed by atoms with E-state index >= 15 is 0 Å². The van der Waals surface area contributed by atoms with E-state index in [1.807, 2.05) is 18.3 Å². The molecule has 6 rings (SSSR count). The molecule has 34 heavy (non-hydrogen) atoms. The van der Waals surface area contributed by atoms with Crippen LogP contribution in [-0.4, -0.2) is 49.2 Å². The summed E-state index contributed by atoms with van der Waals surface area (Å²) in [5.74, 6) is 0.00284. The maximum atomic E-state index is 12.7. The molecule has 4 aromatic rings. The average molecular weight is 463 g/mol. The fraction of sp³-hybridized carbons (Fsp3) is 0.360. The van der Waals surface area contributed by atoms with Gasteiger partial charge in [0, 0.05) is 36.2 Å². The lowest BCUT2D eigenvalue weighted by molar-refractivity contribution is 0.0476. The van der Waals surface area contributed by atoms with Crippen LogP contribution in [0.3, 0.4) is 0 Å². The molecule has 0 amide bonds. The van der Waals surface area contributed by atoms with Crippen LogP contribution in [0.4, 0.5) is 8.78 Å². The SMILES string of the molecule is FC(F)c1nnc(-c2ccc(Cn3cc(-c4cccc(C5CN(C6CCC6)C5)c4)nn3)cc2)o1. The van der Waals surface area contributed by atoms with Gasteiger partial charge in [0.25, 0.3) is 5.89 Å². The van der Waals surface area contributed by atoms with Crippen LogP contribution in [0.1, 0.15) is 48.6 Å². The molecule has 2 aliphatic rings. The summed E-state index contributed by atoms with van der Waals surface area (Å²) in [6.45, 7) is 2.85. The fourth-order valence-electron chi connectivity index (χ4n) is 4.61. The van der Waals surface area contributed by atoms with Crippen molar-refractivity contribution in [2.24, 2.45) is 0 Å². The van der Waals surface area contributed by atoms with E-state index in [9.17, 15) is 8.78 Å². The Kier molecular flexibility index (Phi) is 5.41. The van der Waals surface area contributed by atoms with Crippen molar-refractivity contribution in [1.29, 1.82) is 0 Å². The number of rotatable bonds is 7. The molecule has 0 N–H and O–H groups in total. The second-order valence-electron chi connectivity index (χ2n) is 9.11. The molecule has 0 atom stereocenters. The van der Waals surface area contributed by atoms with Gasteiger partial charge in [-0.3, -0.25) is 4.90 Å². The Morgan fingerprint density at radius 3 is 2.50 bits per heavy atom. The molecule has 0 bridgehead atoms. The van der Waals surface area contributed by atoms with E-state index in [4.69, 9.17) is 4.42 Å². The minimum absolute atomic E-state index is 0.0760. The van der Waals surface area contributed by atoms with Gasteiger partial charge in [-0.2, -0.15) is 8.78 Å². The molecule has 1 saturated heterocycles. The molecule has 0 unspecified atom stereocenters. The first-order chi connectivity index (χ1) is 16.6. The smallest absolute Gasteiger partial charge is 0.314 e. The number of benzene rings is 2. The standard InChI is InChI=1S/C25H24F2N6O/c26-23(27)25-30-29-24(34-25)17-9-7-16(8-10-17)12-33-15-22(28-31-33)19-4-1-3-18(11-19)20-13-32(14-20)21-5-2-6-21/h1,3-4,7-11,15,20-21,23H,2,5-6,12-14H2. The Balaban J connectivity index is 1.11. The van der Waals surface area contributed by atoms with E-state index in [1.54, 1.807) is 16.8 Å². The number of likely N-dealkylation sites (tertiary alicyclic amines) is 1. The first-order valence-electron chi connectivity index (χ1n) is 11.6. The summed E-state index contributed by atoms with van der Waals surface area (Å²) in [5, 5.41) is 15.7. The minimum Gasteiger partial charge on any atom is -0.415 e. The van der Waals surface area contributed by atoms with Crippen molar-refractivity contribution in [2.45, 2.75) is 44.2 Å². The van der Waals surface area contributed by atoms with Gasteiger partial charge in [0.1, 0.15) is 5.69 Å². The van der Waals surface area contributed by atoms with Crippen LogP contribution in [0.15, 0.2) is 59.1 Å². The van der Waals surface area contributed by atoms with E-state index in [0.717, 1.165) is 36.0 Å². The number of nitrogens with zero attached hydrogens (tertiary/aromatic N) is 6. The predicted molar refractivity (Wildman–Crippen MR) is 121 cm³/mol. The van der Waals surface area contributed by atoms with Gasteiger partial charge in [0.2, 0.25) is 5.89 Å². The zero-order valence-electron chi connectivity index (χ0n) is 18.5. The summed E-state index contributed by atoms with van der Waals surface area (Å²) in [4.78, 5) is 2.61. The summed E-state index contributed by atoms with van der Waals surface area (Å²) in [7, 11) is 0. The van der Waals surface area contributed by atoms with Gasteiger partial charge in [0.05, 0.1) is 12.7 Å². The summed E-state index contributed by atoms with van der Waals surface area (Å²) in [6.07, 6.45) is 3.26. The van der Waals surface area contributed by atoms with E-state index in [2.05, 4.69) is 49.7 Å². The molecule has 3 heterocycles. The van der Waals surface area contributed by atoms with Crippen molar-refractivity contribution in [3.63, 3.8) is 0 Å². The van der Waals surface area contributed by atoms with Crippen molar-refractivity contribution >= 4 is 0 Å². The Morgan fingerprint density at radius 1 is 0.971 bits per heavy atom. The van der Waals surface area contributed by atoms with Crippen molar-refractivity contribution in [3.05, 3.63) is 71.7 Å². The Bertz CT molecular complexity index is 1270. The van der Waals surface area contributed by atoms with Crippen LogP contribution < -0.4 is 0 Å². The molecule has 1 aliphatic carbocycles. The lowest BCUT2D eigenvalue weighted by Gasteiger charge is -2.48. The maximum Gasteiger partial charge on any atom is 0.314 e. The molecular formula is C25H24F2N6O. The normalized spacial score (nSPS) is 17.1. The topological polar surface area (TPSA) is 72.9 Å². The van der Waals surface area contributed by atoms with Crippen LogP contribution in [-0.2, 0) is 6.54 Å². The highest BCUT2D eigenvalue weighted by Gasteiger charge is 2.35. The van der Waals surface area contributed by atoms with Gasteiger partial charge < -0.3 is 4.42 Å². The highest BCUT2D eigenvalue weighted by molar-refractivity contribution is 5.59. The number of aromatic nitrogens is 5. The zero-order valence-corrected chi connectivity index (χ0v) is 18.5. The summed E-state index contributed by atoms with van der Waals surface area (Å²) in [5.41, 5.74) is 4.87. The Morgan fingerprint density at radius 2 is 1.79 bits per heavy atom. The van der Waals surface area contributed by atoms with E-state index in [-0.39, 0.29) is 5.89 Å². The third-order valence-electron chi connectivity index (χ3n) is 6.87. The first-order valence-corrected chi connectivity index (χ1v) is 11.6. The van der Waals surface area contributed by atoms with Crippen molar-refractivity contribution in [2.75, 3.05) is 13.1 Å². The van der Waals surface area contributed by atoms with Crippen LogP contribution >= 0.6 is 0 Å². The van der Waals surface area contributed by atoms with Gasteiger partial charge in [-0.25, -0.2) is 4.68 Å². The number of hydrogen-bond donors (Lipinski definition) is 0. The van der Waals surface area contributed by atoms with Gasteiger partial charge in [0.15, 0.2) is 0 Å². The Labute approximate surface area is 195 Å². The molecule has 2 aromatic heterocycles. The second-order valence-corrected chi connectivity index (χ2v) is 9.11. The first kappa shape index (κ1) is 21.1. The van der Waals surface area contributed by atoms with E-state index < -0.39 is 12.3 Å². The van der Waals surface area contributed by atoms with Crippen LogP contribution in [0.25, 0.3) is 22.7 Å². The zero-order chi connectivity index (χ0) is 23.1. The minimum atomic E-state index is -2.78. The molecule has 9 heteroatoms. The lowest BCUT2D eigenvalue weighted by Crippen LogP contribution is -2.53. The largest absolute Gasteiger partial charge is 0.415 e. The molecule has 2 aromatic carbocycles. The molecular weight excluding hydrogens is 438 g/mol. The van der Waals surface area contributed by atoms with Gasteiger partial charge >= 0.3 is 6.43 Å². The molecule has 7 nitrogen and oxygen atoms in total. The molecule has 0 radical (unpaired) electrons. The molecule has 0 spiro atoms. The number of alkyl halides is 2. The third kappa shape index (κ3) is 4.11. The maximum absolute atomic E-state index is 12.7. The highest BCUT2D eigenvalue weighted by atomic mass is 19.3. The number of halogens is 2. The molecule has 1 aliphatic heterocycles. The van der Waals surface area contributed by atoms with Crippen molar-refractivity contribution < 1.29 is 13.2 Å². The van der Waals surface area contributed by atoms with Crippen LogP contribution in [0.2, 0.25) is 0 Å². The average Bonchev–Trinajstić information content (AvgIpc) is 3.45. The summed E-state index contributed by atoms with van der Waals surface area (Å²) >= 11 is 0. The fourth-order valence-corrected chi connectivity index (χ4v) is 4.61. The van der Waals surface area contributed by atoms with Gasteiger partial charge in [-0.1, -0.05) is 42.0 Å². The third-order valence-corrected chi connectivity index (χ3v) is 6.87. The highest BCUT2D eigenvalue weighted by Crippen LogP contribution is 2.36.